The highest BCUT2D eigenvalue weighted by Crippen LogP contribution is 2.36. The monoisotopic (exact) mass is 275 g/mol. The molecule has 1 aromatic carbocycles. The van der Waals surface area contributed by atoms with Crippen molar-refractivity contribution in [3.8, 4) is 0 Å². The van der Waals surface area contributed by atoms with Gasteiger partial charge in [-0.1, -0.05) is 12.1 Å². The average Bonchev–Trinajstić information content (AvgIpc) is 2.50. The van der Waals surface area contributed by atoms with E-state index in [2.05, 4.69) is 5.32 Å². The highest BCUT2D eigenvalue weighted by Gasteiger charge is 2.51. The Kier molecular flexibility index (Phi) is 3.69. The first-order valence-electron chi connectivity index (χ1n) is 6.86. The number of anilines is 1. The fourth-order valence-electron chi connectivity index (χ4n) is 2.14. The van der Waals surface area contributed by atoms with Crippen molar-refractivity contribution in [2.45, 2.75) is 52.7 Å². The molecule has 108 valence electrons. The van der Waals surface area contributed by atoms with E-state index >= 15 is 0 Å². The van der Waals surface area contributed by atoms with Gasteiger partial charge in [0.2, 0.25) is 5.91 Å². The van der Waals surface area contributed by atoms with Crippen LogP contribution in [-0.2, 0) is 14.1 Å². The van der Waals surface area contributed by atoms with Crippen molar-refractivity contribution in [3.63, 3.8) is 0 Å². The van der Waals surface area contributed by atoms with Crippen LogP contribution in [0.15, 0.2) is 18.2 Å². The number of benzene rings is 1. The highest BCUT2D eigenvalue weighted by atomic mass is 16.7. The fraction of sp³-hybridized carbons (Fsp3) is 0.533. The minimum atomic E-state index is -0.370. The van der Waals surface area contributed by atoms with Gasteiger partial charge in [-0.2, -0.15) is 0 Å². The van der Waals surface area contributed by atoms with Gasteiger partial charge in [-0.25, -0.2) is 0 Å². The minimum Gasteiger partial charge on any atom is -0.399 e. The van der Waals surface area contributed by atoms with Crippen molar-refractivity contribution in [1.29, 1.82) is 0 Å². The molecule has 0 aliphatic carbocycles. The van der Waals surface area contributed by atoms with Gasteiger partial charge in [0.1, 0.15) is 0 Å². The predicted octanol–water partition coefficient (Wildman–Crippen LogP) is 2.25. The second-order valence-corrected chi connectivity index (χ2v) is 6.34. The van der Waals surface area contributed by atoms with E-state index in [1.807, 2.05) is 52.8 Å². The largest absolute Gasteiger partial charge is 0.494 e. The minimum absolute atomic E-state index is 0.0727. The zero-order valence-corrected chi connectivity index (χ0v) is 13.0. The fourth-order valence-corrected chi connectivity index (χ4v) is 2.14. The van der Waals surface area contributed by atoms with Crippen LogP contribution in [0.5, 0.6) is 0 Å². The van der Waals surface area contributed by atoms with Gasteiger partial charge in [0, 0.05) is 12.6 Å². The molecule has 1 N–H and O–H groups in total. The summed E-state index contributed by atoms with van der Waals surface area (Å²) in [6.45, 7) is 11.6. The quantitative estimate of drug-likeness (QED) is 0.842. The number of hydrogen-bond acceptors (Lipinski definition) is 3. The Balaban J connectivity index is 2.24. The topological polar surface area (TPSA) is 47.6 Å². The van der Waals surface area contributed by atoms with Crippen molar-refractivity contribution in [1.82, 2.24) is 0 Å². The molecule has 1 aliphatic rings. The molecule has 2 rings (SSSR count). The Morgan fingerprint density at radius 3 is 2.15 bits per heavy atom. The van der Waals surface area contributed by atoms with Crippen molar-refractivity contribution >= 4 is 24.2 Å². The molecule has 1 aromatic rings. The molecule has 1 amide bonds. The van der Waals surface area contributed by atoms with Crippen LogP contribution < -0.4 is 10.8 Å². The molecular formula is C15H22BNO3. The molecule has 4 nitrogen and oxygen atoms in total. The van der Waals surface area contributed by atoms with E-state index in [0.29, 0.717) is 0 Å². The third-order valence-corrected chi connectivity index (χ3v) is 4.09. The van der Waals surface area contributed by atoms with E-state index in [4.69, 9.17) is 9.31 Å². The van der Waals surface area contributed by atoms with Crippen LogP contribution in [-0.4, -0.2) is 24.2 Å². The van der Waals surface area contributed by atoms with Gasteiger partial charge in [-0.3, -0.25) is 4.79 Å². The van der Waals surface area contributed by atoms with Crippen molar-refractivity contribution in [3.05, 3.63) is 23.8 Å². The summed E-state index contributed by atoms with van der Waals surface area (Å²) in [5, 5.41) is 2.80. The van der Waals surface area contributed by atoms with Crippen LogP contribution in [0.3, 0.4) is 0 Å². The molecule has 0 unspecified atom stereocenters. The Hall–Kier alpha value is -1.33. The molecule has 0 saturated carbocycles. The first-order chi connectivity index (χ1) is 9.12. The van der Waals surface area contributed by atoms with Gasteiger partial charge in [-0.15, -0.1) is 0 Å². The lowest BCUT2D eigenvalue weighted by molar-refractivity contribution is -0.114. The summed E-state index contributed by atoms with van der Waals surface area (Å²) in [5.74, 6) is -0.0727. The second kappa shape index (κ2) is 4.90. The summed E-state index contributed by atoms with van der Waals surface area (Å²) in [6.07, 6.45) is 0. The Morgan fingerprint density at radius 2 is 1.70 bits per heavy atom. The van der Waals surface area contributed by atoms with Crippen LogP contribution in [0, 0.1) is 6.92 Å². The molecule has 0 aromatic heterocycles. The molecule has 5 heteroatoms. The molecule has 1 aliphatic heterocycles. The molecule has 1 fully saturated rings. The van der Waals surface area contributed by atoms with E-state index < -0.39 is 0 Å². The summed E-state index contributed by atoms with van der Waals surface area (Å²) in [4.78, 5) is 11.1. The van der Waals surface area contributed by atoms with Crippen molar-refractivity contribution < 1.29 is 14.1 Å². The zero-order chi connectivity index (χ0) is 15.1. The number of rotatable bonds is 2. The van der Waals surface area contributed by atoms with E-state index in [1.165, 1.54) is 6.92 Å². The van der Waals surface area contributed by atoms with Crippen LogP contribution in [0.4, 0.5) is 5.69 Å². The van der Waals surface area contributed by atoms with E-state index in [0.717, 1.165) is 16.7 Å². The summed E-state index contributed by atoms with van der Waals surface area (Å²) in [7, 11) is -0.370. The molecule has 0 radical (unpaired) electrons. The Labute approximate surface area is 121 Å². The van der Waals surface area contributed by atoms with Crippen LogP contribution in [0.25, 0.3) is 0 Å². The summed E-state index contributed by atoms with van der Waals surface area (Å²) < 4.78 is 12.0. The van der Waals surface area contributed by atoms with E-state index in [-0.39, 0.29) is 24.2 Å². The maximum absolute atomic E-state index is 11.1. The molecule has 20 heavy (non-hydrogen) atoms. The van der Waals surface area contributed by atoms with Crippen LogP contribution in [0.2, 0.25) is 0 Å². The lowest BCUT2D eigenvalue weighted by atomic mass is 9.78. The Bertz CT molecular complexity index is 524. The van der Waals surface area contributed by atoms with E-state index in [9.17, 15) is 4.79 Å². The lowest BCUT2D eigenvalue weighted by Gasteiger charge is -2.32. The number of carbonyl (C=O) groups is 1. The lowest BCUT2D eigenvalue weighted by Crippen LogP contribution is -2.41. The molecule has 0 bridgehead atoms. The van der Waals surface area contributed by atoms with Gasteiger partial charge in [0.05, 0.1) is 11.2 Å². The number of hydrogen-bond donors (Lipinski definition) is 1. The first kappa shape index (κ1) is 15.1. The summed E-state index contributed by atoms with van der Waals surface area (Å²) in [5.41, 5.74) is 2.09. The highest BCUT2D eigenvalue weighted by molar-refractivity contribution is 6.62. The smallest absolute Gasteiger partial charge is 0.399 e. The molecule has 0 spiro atoms. The predicted molar refractivity (Wildman–Crippen MR) is 81.2 cm³/mol. The molecular weight excluding hydrogens is 253 g/mol. The maximum Gasteiger partial charge on any atom is 0.494 e. The number of amides is 1. The van der Waals surface area contributed by atoms with Crippen molar-refractivity contribution in [2.24, 2.45) is 0 Å². The SMILES string of the molecule is CC(=O)Nc1ccc(B2OC(C)(C)C(C)(C)O2)cc1C. The molecule has 1 heterocycles. The number of aryl methyl sites for hydroxylation is 1. The first-order valence-corrected chi connectivity index (χ1v) is 6.86. The number of nitrogens with one attached hydrogen (secondary N) is 1. The van der Waals surface area contributed by atoms with Gasteiger partial charge in [0.25, 0.3) is 0 Å². The normalized spacial score (nSPS) is 20.0. The van der Waals surface area contributed by atoms with Crippen LogP contribution >= 0.6 is 0 Å². The van der Waals surface area contributed by atoms with Crippen LogP contribution in [0.1, 0.15) is 40.2 Å². The average molecular weight is 275 g/mol. The zero-order valence-electron chi connectivity index (χ0n) is 13.0. The van der Waals surface area contributed by atoms with Gasteiger partial charge < -0.3 is 14.6 Å². The third-order valence-electron chi connectivity index (χ3n) is 4.09. The third kappa shape index (κ3) is 2.74. The van der Waals surface area contributed by atoms with Gasteiger partial charge in [0.15, 0.2) is 0 Å². The van der Waals surface area contributed by atoms with Gasteiger partial charge >= 0.3 is 7.12 Å². The van der Waals surface area contributed by atoms with Crippen molar-refractivity contribution in [2.75, 3.05) is 5.32 Å². The Morgan fingerprint density at radius 1 is 1.15 bits per heavy atom. The second-order valence-electron chi connectivity index (χ2n) is 6.34. The molecule has 0 atom stereocenters. The van der Waals surface area contributed by atoms with Gasteiger partial charge in [-0.05, 0) is 51.7 Å². The number of carbonyl (C=O) groups excluding carboxylic acids is 1. The maximum atomic E-state index is 11.1. The summed E-state index contributed by atoms with van der Waals surface area (Å²) >= 11 is 0. The van der Waals surface area contributed by atoms with E-state index in [1.54, 1.807) is 0 Å². The standard InChI is InChI=1S/C15H22BNO3/c1-10-9-12(7-8-13(10)17-11(2)18)16-19-14(3,4)15(5,6)20-16/h7-9H,1-6H3,(H,17,18). The molecule has 1 saturated heterocycles. The summed E-state index contributed by atoms with van der Waals surface area (Å²) in [6, 6.07) is 5.81.